The van der Waals surface area contributed by atoms with Gasteiger partial charge in [-0.05, 0) is 36.6 Å². The van der Waals surface area contributed by atoms with E-state index in [1.807, 2.05) is 18.2 Å². The Labute approximate surface area is 150 Å². The molecule has 0 saturated carbocycles. The van der Waals surface area contributed by atoms with Crippen LogP contribution in [0.2, 0.25) is 0 Å². The van der Waals surface area contributed by atoms with E-state index >= 15 is 0 Å². The maximum absolute atomic E-state index is 13.4. The summed E-state index contributed by atoms with van der Waals surface area (Å²) in [7, 11) is 0. The quantitative estimate of drug-likeness (QED) is 0.680. The second-order valence-electron chi connectivity index (χ2n) is 6.91. The minimum atomic E-state index is -4.44. The van der Waals surface area contributed by atoms with Gasteiger partial charge in [0, 0.05) is 19.6 Å². The number of nitrogens with zero attached hydrogens (tertiary/aromatic N) is 3. The first kappa shape index (κ1) is 17.1. The van der Waals surface area contributed by atoms with Crippen molar-refractivity contribution in [3.8, 4) is 0 Å². The number of likely N-dealkylation sites (tertiary alicyclic amines) is 1. The fraction of sp³-hybridized carbons (Fsp3) is 0.350. The molecule has 0 amide bonds. The highest BCUT2D eigenvalue weighted by Gasteiger charge is 2.38. The van der Waals surface area contributed by atoms with Gasteiger partial charge in [-0.25, -0.2) is 4.98 Å². The van der Waals surface area contributed by atoms with Gasteiger partial charge in [0.1, 0.15) is 0 Å². The zero-order valence-electron chi connectivity index (χ0n) is 14.3. The molecule has 1 aromatic heterocycles. The van der Waals surface area contributed by atoms with Crippen molar-refractivity contribution < 1.29 is 13.2 Å². The molecule has 0 bridgehead atoms. The number of aromatic nitrogens is 2. The Morgan fingerprint density at radius 3 is 2.50 bits per heavy atom. The van der Waals surface area contributed by atoms with Crippen molar-refractivity contribution in [3.05, 3.63) is 66.0 Å². The molecule has 1 aliphatic heterocycles. The number of halogens is 3. The van der Waals surface area contributed by atoms with Crippen molar-refractivity contribution in [2.24, 2.45) is 5.92 Å². The highest BCUT2D eigenvalue weighted by molar-refractivity contribution is 5.76. The number of para-hydroxylation sites is 2. The molecular weight excluding hydrogens is 339 g/mol. The first-order chi connectivity index (χ1) is 12.5. The van der Waals surface area contributed by atoms with Crippen LogP contribution in [0.15, 0.2) is 54.6 Å². The molecule has 26 heavy (non-hydrogen) atoms. The number of hydrogen-bond acceptors (Lipinski definition) is 2. The minimum absolute atomic E-state index is 0.192. The van der Waals surface area contributed by atoms with Crippen molar-refractivity contribution >= 4 is 11.0 Å². The van der Waals surface area contributed by atoms with E-state index in [0.717, 1.165) is 26.1 Å². The van der Waals surface area contributed by atoms with Crippen LogP contribution in [-0.2, 0) is 19.3 Å². The molecular formula is C20H20F3N3. The number of fused-ring (bicyclic) bond motifs is 1. The van der Waals surface area contributed by atoms with Gasteiger partial charge in [0.25, 0.3) is 0 Å². The van der Waals surface area contributed by atoms with Crippen LogP contribution in [0.3, 0.4) is 0 Å². The van der Waals surface area contributed by atoms with Gasteiger partial charge in [-0.15, -0.1) is 0 Å². The summed E-state index contributed by atoms with van der Waals surface area (Å²) in [5, 5.41) is 0. The molecule has 0 N–H and O–H groups in total. The first-order valence-corrected chi connectivity index (χ1v) is 8.79. The molecule has 3 nitrogen and oxygen atoms in total. The molecule has 1 aliphatic rings. The maximum atomic E-state index is 13.4. The third-order valence-electron chi connectivity index (χ3n) is 4.97. The third kappa shape index (κ3) is 3.46. The van der Waals surface area contributed by atoms with Gasteiger partial charge in [-0.3, -0.25) is 4.90 Å². The predicted octanol–water partition coefficient (Wildman–Crippen LogP) is 4.58. The van der Waals surface area contributed by atoms with Crippen molar-refractivity contribution in [3.63, 3.8) is 0 Å². The van der Waals surface area contributed by atoms with Crippen LogP contribution < -0.4 is 0 Å². The summed E-state index contributed by atoms with van der Waals surface area (Å²) in [6, 6.07) is 17.0. The van der Waals surface area contributed by atoms with Crippen LogP contribution in [0.1, 0.15) is 17.8 Å². The lowest BCUT2D eigenvalue weighted by Crippen LogP contribution is -2.23. The van der Waals surface area contributed by atoms with Gasteiger partial charge >= 0.3 is 6.18 Å². The van der Waals surface area contributed by atoms with E-state index in [2.05, 4.69) is 22.0 Å². The summed E-state index contributed by atoms with van der Waals surface area (Å²) in [6.07, 6.45) is -3.54. The largest absolute Gasteiger partial charge is 0.449 e. The van der Waals surface area contributed by atoms with Gasteiger partial charge in [-0.2, -0.15) is 13.2 Å². The smallest absolute Gasteiger partial charge is 0.320 e. The lowest BCUT2D eigenvalue weighted by Gasteiger charge is -2.18. The molecule has 0 radical (unpaired) electrons. The van der Waals surface area contributed by atoms with Crippen LogP contribution in [-0.4, -0.2) is 27.5 Å². The summed E-state index contributed by atoms with van der Waals surface area (Å²) in [5.74, 6) is -0.599. The molecule has 3 aromatic rings. The van der Waals surface area contributed by atoms with E-state index in [4.69, 9.17) is 0 Å². The molecule has 1 saturated heterocycles. The van der Waals surface area contributed by atoms with Crippen LogP contribution in [0.4, 0.5) is 13.2 Å². The Morgan fingerprint density at radius 2 is 1.73 bits per heavy atom. The molecule has 6 heteroatoms. The molecule has 1 atom stereocenters. The Hall–Kier alpha value is -2.34. The Balaban J connectivity index is 1.53. The zero-order valence-corrected chi connectivity index (χ0v) is 14.3. The molecule has 2 aromatic carbocycles. The number of hydrogen-bond donors (Lipinski definition) is 0. The van der Waals surface area contributed by atoms with Crippen molar-refractivity contribution in [2.45, 2.75) is 25.7 Å². The van der Waals surface area contributed by atoms with E-state index in [1.165, 1.54) is 10.1 Å². The lowest BCUT2D eigenvalue weighted by atomic mass is 10.1. The fourth-order valence-electron chi connectivity index (χ4n) is 3.78. The van der Waals surface area contributed by atoms with Crippen molar-refractivity contribution in [1.82, 2.24) is 14.5 Å². The highest BCUT2D eigenvalue weighted by atomic mass is 19.4. The van der Waals surface area contributed by atoms with Gasteiger partial charge in [0.05, 0.1) is 11.0 Å². The van der Waals surface area contributed by atoms with E-state index in [-0.39, 0.29) is 5.92 Å². The summed E-state index contributed by atoms with van der Waals surface area (Å²) < 4.78 is 41.6. The summed E-state index contributed by atoms with van der Waals surface area (Å²) in [4.78, 5) is 6.15. The zero-order chi connectivity index (χ0) is 18.1. The normalized spacial score (nSPS) is 18.7. The Morgan fingerprint density at radius 1 is 1.00 bits per heavy atom. The number of imidazole rings is 1. The van der Waals surface area contributed by atoms with Gasteiger partial charge < -0.3 is 4.57 Å². The molecule has 0 aliphatic carbocycles. The fourth-order valence-corrected chi connectivity index (χ4v) is 3.78. The van der Waals surface area contributed by atoms with E-state index in [0.29, 0.717) is 17.6 Å². The van der Waals surface area contributed by atoms with Gasteiger partial charge in [-0.1, -0.05) is 42.5 Å². The summed E-state index contributed by atoms with van der Waals surface area (Å²) >= 11 is 0. The Bertz CT molecular complexity index is 886. The maximum Gasteiger partial charge on any atom is 0.449 e. The summed E-state index contributed by atoms with van der Waals surface area (Å²) in [6.45, 7) is 2.90. The van der Waals surface area contributed by atoms with Gasteiger partial charge in [0.15, 0.2) is 0 Å². The van der Waals surface area contributed by atoms with Gasteiger partial charge in [0.2, 0.25) is 5.82 Å². The number of alkyl halides is 3. The summed E-state index contributed by atoms with van der Waals surface area (Å²) in [5.41, 5.74) is 2.19. The highest BCUT2D eigenvalue weighted by Crippen LogP contribution is 2.33. The van der Waals surface area contributed by atoms with Crippen LogP contribution >= 0.6 is 0 Å². The minimum Gasteiger partial charge on any atom is -0.320 e. The van der Waals surface area contributed by atoms with E-state index in [9.17, 15) is 13.2 Å². The van der Waals surface area contributed by atoms with Crippen LogP contribution in [0.25, 0.3) is 11.0 Å². The molecule has 2 heterocycles. The average Bonchev–Trinajstić information content (AvgIpc) is 3.21. The lowest BCUT2D eigenvalue weighted by molar-refractivity contribution is -0.147. The Kier molecular flexibility index (Phi) is 4.44. The third-order valence-corrected chi connectivity index (χ3v) is 4.97. The topological polar surface area (TPSA) is 21.1 Å². The number of benzene rings is 2. The second kappa shape index (κ2) is 6.76. The van der Waals surface area contributed by atoms with Crippen molar-refractivity contribution in [1.29, 1.82) is 0 Å². The molecule has 1 fully saturated rings. The molecule has 4 rings (SSSR count). The SMILES string of the molecule is FC(F)(F)c1nc2ccccc2n1CC1CCN(Cc2ccccc2)C1. The van der Waals surface area contributed by atoms with Crippen molar-refractivity contribution in [2.75, 3.05) is 13.1 Å². The molecule has 1 unspecified atom stereocenters. The first-order valence-electron chi connectivity index (χ1n) is 8.79. The monoisotopic (exact) mass is 359 g/mol. The number of rotatable bonds is 4. The average molecular weight is 359 g/mol. The molecule has 136 valence electrons. The molecule has 0 spiro atoms. The predicted molar refractivity (Wildman–Crippen MR) is 94.6 cm³/mol. The van der Waals surface area contributed by atoms with E-state index < -0.39 is 12.0 Å². The second-order valence-corrected chi connectivity index (χ2v) is 6.91. The van der Waals surface area contributed by atoms with E-state index in [1.54, 1.807) is 24.3 Å². The van der Waals surface area contributed by atoms with Crippen LogP contribution in [0.5, 0.6) is 0 Å². The van der Waals surface area contributed by atoms with Crippen LogP contribution in [0, 0.1) is 5.92 Å². The standard InChI is InChI=1S/C20H20F3N3/c21-20(22,23)19-24-17-8-4-5-9-18(17)26(19)14-16-10-11-25(13-16)12-15-6-2-1-3-7-15/h1-9,16H,10-14H2.